The lowest BCUT2D eigenvalue weighted by molar-refractivity contribution is -0.115. The first-order chi connectivity index (χ1) is 11.9. The highest BCUT2D eigenvalue weighted by Crippen LogP contribution is 2.11. The predicted octanol–water partition coefficient (Wildman–Crippen LogP) is 2.61. The molecule has 2 N–H and O–H groups in total. The van der Waals surface area contributed by atoms with E-state index < -0.39 is 12.6 Å². The number of hydrogen-bond acceptors (Lipinski definition) is 5. The second kappa shape index (κ2) is 8.05. The molecule has 7 nitrogen and oxygen atoms in total. The van der Waals surface area contributed by atoms with E-state index in [1.165, 1.54) is 19.2 Å². The van der Waals surface area contributed by atoms with Crippen molar-refractivity contribution in [2.45, 2.75) is 20.3 Å². The summed E-state index contributed by atoms with van der Waals surface area (Å²) in [6.45, 7) is 2.70. The maximum atomic E-state index is 12.1. The summed E-state index contributed by atoms with van der Waals surface area (Å²) in [6.07, 6.45) is 1.77. The number of ketones is 2. The average molecular weight is 342 g/mol. The number of hydrogen-bond donors (Lipinski definition) is 2. The second-order valence-corrected chi connectivity index (χ2v) is 5.34. The molecule has 0 aliphatic carbocycles. The largest absolute Gasteiger partial charge is 0.453 e. The van der Waals surface area contributed by atoms with Gasteiger partial charge in [-0.15, -0.1) is 0 Å². The van der Waals surface area contributed by atoms with Gasteiger partial charge in [0.15, 0.2) is 18.2 Å². The normalized spacial score (nSPS) is 10.2. The molecule has 0 fully saturated rings. The van der Waals surface area contributed by atoms with Crippen molar-refractivity contribution in [1.82, 2.24) is 4.98 Å². The van der Waals surface area contributed by atoms with Crippen molar-refractivity contribution >= 4 is 29.1 Å². The minimum Gasteiger partial charge on any atom is -0.453 e. The predicted molar refractivity (Wildman–Crippen MR) is 90.8 cm³/mol. The zero-order chi connectivity index (χ0) is 18.4. The van der Waals surface area contributed by atoms with E-state index in [-0.39, 0.29) is 23.2 Å². The van der Waals surface area contributed by atoms with Crippen LogP contribution in [0.5, 0.6) is 0 Å². The van der Waals surface area contributed by atoms with Crippen LogP contribution in [0.4, 0.5) is 5.69 Å². The minimum absolute atomic E-state index is 0.107. The third-order valence-corrected chi connectivity index (χ3v) is 3.46. The summed E-state index contributed by atoms with van der Waals surface area (Å²) in [6, 6.07) is 7.67. The zero-order valence-electron chi connectivity index (χ0n) is 13.9. The molecule has 7 heteroatoms. The van der Waals surface area contributed by atoms with Crippen molar-refractivity contribution in [3.63, 3.8) is 0 Å². The van der Waals surface area contributed by atoms with E-state index in [1.54, 1.807) is 31.2 Å². The number of carbonyl (C=O) groups is 4. The van der Waals surface area contributed by atoms with Crippen LogP contribution in [0, 0.1) is 0 Å². The number of ether oxygens (including phenoxy) is 1. The number of aromatic nitrogens is 1. The highest BCUT2D eigenvalue weighted by molar-refractivity contribution is 6.01. The van der Waals surface area contributed by atoms with Gasteiger partial charge in [0, 0.05) is 29.4 Å². The van der Waals surface area contributed by atoms with E-state index in [2.05, 4.69) is 10.3 Å². The lowest BCUT2D eigenvalue weighted by atomic mass is 10.1. The van der Waals surface area contributed by atoms with Crippen molar-refractivity contribution in [2.24, 2.45) is 0 Å². The summed E-state index contributed by atoms with van der Waals surface area (Å²) in [5, 5.41) is 2.67. The summed E-state index contributed by atoms with van der Waals surface area (Å²) in [5.41, 5.74) is 1.42. The number of aromatic amines is 1. The van der Waals surface area contributed by atoms with Crippen LogP contribution in [0.25, 0.3) is 0 Å². The number of anilines is 1. The molecule has 0 saturated carbocycles. The number of amides is 1. The van der Waals surface area contributed by atoms with Gasteiger partial charge in [-0.05, 0) is 37.3 Å². The minimum atomic E-state index is -0.715. The molecule has 2 aromatic rings. The smallest absolute Gasteiger partial charge is 0.355 e. The number of nitrogens with one attached hydrogen (secondary N) is 2. The Balaban J connectivity index is 1.91. The van der Waals surface area contributed by atoms with Gasteiger partial charge in [0.1, 0.15) is 5.69 Å². The number of rotatable bonds is 7. The highest BCUT2D eigenvalue weighted by atomic mass is 16.5. The second-order valence-electron chi connectivity index (χ2n) is 5.34. The molecule has 1 aromatic carbocycles. The highest BCUT2D eigenvalue weighted by Gasteiger charge is 2.14. The maximum Gasteiger partial charge on any atom is 0.355 e. The van der Waals surface area contributed by atoms with Crippen LogP contribution in [-0.2, 0) is 9.53 Å². The molecule has 1 amide bonds. The van der Waals surface area contributed by atoms with Crippen molar-refractivity contribution in [3.05, 3.63) is 53.3 Å². The van der Waals surface area contributed by atoms with Crippen LogP contribution in [0.1, 0.15) is 51.5 Å². The molecule has 130 valence electrons. The quantitative estimate of drug-likeness (QED) is 0.594. The first-order valence-electron chi connectivity index (χ1n) is 7.70. The van der Waals surface area contributed by atoms with Crippen LogP contribution in [0.2, 0.25) is 0 Å². The molecule has 0 spiro atoms. The molecule has 0 unspecified atom stereocenters. The first-order valence-corrected chi connectivity index (χ1v) is 7.70. The topological polar surface area (TPSA) is 105 Å². The molecule has 0 aliphatic heterocycles. The van der Waals surface area contributed by atoms with Crippen LogP contribution in [0.15, 0.2) is 36.5 Å². The van der Waals surface area contributed by atoms with Gasteiger partial charge >= 0.3 is 5.97 Å². The number of benzene rings is 1. The molecule has 2 rings (SSSR count). The van der Waals surface area contributed by atoms with Gasteiger partial charge < -0.3 is 15.0 Å². The zero-order valence-corrected chi connectivity index (χ0v) is 13.9. The Hall–Kier alpha value is -3.22. The fourth-order valence-electron chi connectivity index (χ4n) is 2.00. The molecule has 1 aromatic heterocycles. The van der Waals surface area contributed by atoms with E-state index in [4.69, 9.17) is 4.74 Å². The summed E-state index contributed by atoms with van der Waals surface area (Å²) < 4.78 is 4.95. The van der Waals surface area contributed by atoms with Gasteiger partial charge in [-0.2, -0.15) is 0 Å². The van der Waals surface area contributed by atoms with E-state index in [0.29, 0.717) is 23.2 Å². The van der Waals surface area contributed by atoms with E-state index in [9.17, 15) is 19.2 Å². The molecule has 0 radical (unpaired) electrons. The number of Topliss-reactive ketones (excluding diaryl/α,β-unsaturated/α-hetero) is 2. The van der Waals surface area contributed by atoms with Gasteiger partial charge in [-0.25, -0.2) is 4.79 Å². The van der Waals surface area contributed by atoms with Crippen molar-refractivity contribution in [3.8, 4) is 0 Å². The summed E-state index contributed by atoms with van der Waals surface area (Å²) >= 11 is 0. The molecule has 0 saturated heterocycles. The van der Waals surface area contributed by atoms with E-state index in [1.807, 2.05) is 0 Å². The van der Waals surface area contributed by atoms with Crippen molar-refractivity contribution in [2.75, 3.05) is 11.9 Å². The van der Waals surface area contributed by atoms with Gasteiger partial charge in [0.2, 0.25) is 5.91 Å². The third kappa shape index (κ3) is 4.87. The monoisotopic (exact) mass is 342 g/mol. The van der Waals surface area contributed by atoms with Crippen molar-refractivity contribution < 1.29 is 23.9 Å². The van der Waals surface area contributed by atoms with Crippen molar-refractivity contribution in [1.29, 1.82) is 0 Å². The maximum absolute atomic E-state index is 12.1. The average Bonchev–Trinajstić information content (AvgIpc) is 3.10. The van der Waals surface area contributed by atoms with Gasteiger partial charge in [-0.1, -0.05) is 6.92 Å². The van der Waals surface area contributed by atoms with Gasteiger partial charge in [0.05, 0.1) is 0 Å². The molecule has 0 bridgehead atoms. The fraction of sp³-hybridized carbons (Fsp3) is 0.222. The molecule has 0 aliphatic rings. The Bertz CT molecular complexity index is 805. The Kier molecular flexibility index (Phi) is 5.84. The number of carbonyl (C=O) groups excluding carboxylic acids is 4. The van der Waals surface area contributed by atoms with Crippen LogP contribution < -0.4 is 5.32 Å². The lowest BCUT2D eigenvalue weighted by Gasteiger charge is -2.06. The molecule has 0 atom stereocenters. The van der Waals surface area contributed by atoms with Crippen LogP contribution in [0.3, 0.4) is 0 Å². The third-order valence-electron chi connectivity index (χ3n) is 3.46. The Morgan fingerprint density at radius 1 is 1.08 bits per heavy atom. The fourth-order valence-corrected chi connectivity index (χ4v) is 2.00. The first kappa shape index (κ1) is 18.1. The van der Waals surface area contributed by atoms with E-state index in [0.717, 1.165) is 0 Å². The van der Waals surface area contributed by atoms with Gasteiger partial charge in [0.25, 0.3) is 0 Å². The molecular formula is C18H18N2O5. The standard InChI is InChI=1S/C18H18N2O5/c1-3-17(23)20-14-6-4-12(5-7-14)16(22)10-25-18(24)15-8-13(9-19-15)11(2)21/h4-9,19H,3,10H2,1-2H3,(H,20,23). The number of esters is 1. The molecule has 1 heterocycles. The molecule has 25 heavy (non-hydrogen) atoms. The Morgan fingerprint density at radius 2 is 1.76 bits per heavy atom. The molecular weight excluding hydrogens is 324 g/mol. The van der Waals surface area contributed by atoms with Crippen LogP contribution >= 0.6 is 0 Å². The Labute approximate surface area is 144 Å². The lowest BCUT2D eigenvalue weighted by Crippen LogP contribution is -2.15. The SMILES string of the molecule is CCC(=O)Nc1ccc(C(=O)COC(=O)c2cc(C(C)=O)c[nH]2)cc1. The summed E-state index contributed by atoms with van der Waals surface area (Å²) in [5.74, 6) is -1.39. The summed E-state index contributed by atoms with van der Waals surface area (Å²) in [7, 11) is 0. The van der Waals surface area contributed by atoms with E-state index >= 15 is 0 Å². The van der Waals surface area contributed by atoms with Crippen LogP contribution in [-0.4, -0.2) is 35.0 Å². The Morgan fingerprint density at radius 3 is 2.32 bits per heavy atom. The van der Waals surface area contributed by atoms with Gasteiger partial charge in [-0.3, -0.25) is 14.4 Å². The number of H-pyrrole nitrogens is 1. The summed E-state index contributed by atoms with van der Waals surface area (Å²) in [4.78, 5) is 49.0.